The summed E-state index contributed by atoms with van der Waals surface area (Å²) in [6.07, 6.45) is 18.1. The first-order chi connectivity index (χ1) is 63.1. The predicted molar refractivity (Wildman–Crippen MR) is 607 cm³/mol. The van der Waals surface area contributed by atoms with Gasteiger partial charge in [0.05, 0.1) is 185 Å². The van der Waals surface area contributed by atoms with Crippen LogP contribution >= 0.6 is 82.3 Å². The van der Waals surface area contributed by atoms with Crippen LogP contribution in [0.15, 0.2) is 212 Å². The minimum Gasteiger partial charge on any atom is -0.330 e. The molecule has 2 unspecified atom stereocenters. The van der Waals surface area contributed by atoms with Crippen LogP contribution in [0.25, 0.3) is 0 Å². The summed E-state index contributed by atoms with van der Waals surface area (Å²) in [4.78, 5) is 0. The van der Waals surface area contributed by atoms with Gasteiger partial charge in [0, 0.05) is 57.5 Å². The molecule has 0 aliphatic rings. The molecule has 7 aromatic carbocycles. The summed E-state index contributed by atoms with van der Waals surface area (Å²) < 4.78 is 8.91. The summed E-state index contributed by atoms with van der Waals surface area (Å²) >= 11 is 14.7. The Labute approximate surface area is 837 Å². The van der Waals surface area contributed by atoms with Gasteiger partial charge in [0.25, 0.3) is 0 Å². The van der Waals surface area contributed by atoms with Crippen molar-refractivity contribution in [3.05, 3.63) is 251 Å². The molecular formula is C116H204N7S7+7. The summed E-state index contributed by atoms with van der Waals surface area (Å²) in [5, 5.41) is 0. The molecule has 7 aromatic rings. The van der Waals surface area contributed by atoms with E-state index in [4.69, 9.17) is 0 Å². The minimum atomic E-state index is 1.07. The number of quaternary nitrogens is 7. The molecule has 0 radical (unpaired) electrons. The second-order valence-electron chi connectivity index (χ2n) is 37.1. The van der Waals surface area contributed by atoms with E-state index in [1.807, 2.05) is 0 Å². The first-order valence-electron chi connectivity index (χ1n) is 52.4. The molecule has 738 valence electrons. The van der Waals surface area contributed by atoms with E-state index >= 15 is 0 Å². The molecule has 7 rings (SSSR count). The van der Waals surface area contributed by atoms with E-state index < -0.39 is 0 Å². The van der Waals surface area contributed by atoms with Crippen molar-refractivity contribution in [2.24, 2.45) is 0 Å². The highest BCUT2D eigenvalue weighted by molar-refractivity contribution is 8.00. The van der Waals surface area contributed by atoms with Gasteiger partial charge in [0.2, 0.25) is 0 Å². The van der Waals surface area contributed by atoms with Gasteiger partial charge in [-0.05, 0) is 208 Å². The first kappa shape index (κ1) is 125. The maximum atomic E-state index is 2.37. The Morgan fingerprint density at radius 1 is 0.162 bits per heavy atom. The van der Waals surface area contributed by atoms with Crippen LogP contribution in [-0.4, -0.2) is 279 Å². The Morgan fingerprint density at radius 2 is 0.331 bits per heavy atom. The molecule has 14 heteroatoms. The SMILES string of the molecule is CCCC[N+](CC)(CCC)CCSCCc1ccccc1.CCCC[N+](CC)(CCC)CCSCc1ccccc1.CCC[N+](CC)(CCC)CCSCCc1ccccc1.CCC[N+](CC)(CCC)CCSCc1ccccc1.CC[N+](CC)(CC)CCSCCc1ccccc1.CC[N+](CC)(CC)CCSCc1ccccc1.C[N+](C)(C)CCSCCc1ccccc1. The van der Waals surface area contributed by atoms with E-state index in [0.717, 1.165) is 21.7 Å². The van der Waals surface area contributed by atoms with Crippen molar-refractivity contribution >= 4 is 82.3 Å². The molecule has 0 amide bonds. The van der Waals surface area contributed by atoms with Crippen molar-refractivity contribution in [1.82, 2.24) is 0 Å². The molecule has 130 heavy (non-hydrogen) atoms. The average Bonchev–Trinajstić information content (AvgIpc) is 0.847. The maximum absolute atomic E-state index is 2.37. The molecule has 0 spiro atoms. The third-order valence-corrected chi connectivity index (χ3v) is 33.8. The van der Waals surface area contributed by atoms with Crippen molar-refractivity contribution in [2.75, 3.05) is 248 Å². The van der Waals surface area contributed by atoms with Crippen LogP contribution in [0.4, 0.5) is 0 Å². The highest BCUT2D eigenvalue weighted by Crippen LogP contribution is 2.23. The third kappa shape index (κ3) is 61.1. The molecule has 0 fully saturated rings. The van der Waals surface area contributed by atoms with Crippen LogP contribution in [0.5, 0.6) is 0 Å². The lowest BCUT2D eigenvalue weighted by atomic mass is 10.2. The fourth-order valence-electron chi connectivity index (χ4n) is 17.3. The van der Waals surface area contributed by atoms with E-state index in [0.29, 0.717) is 0 Å². The Hall–Kier alpha value is -3.29. The van der Waals surface area contributed by atoms with E-state index in [-0.39, 0.29) is 0 Å². The summed E-state index contributed by atoms with van der Waals surface area (Å²) in [7, 11) is 6.74. The summed E-state index contributed by atoms with van der Waals surface area (Å²) in [5.74, 6) is 17.5. The summed E-state index contributed by atoms with van der Waals surface area (Å²) in [6, 6.07) is 75.7. The standard InChI is InChI=1S/C19H34NS.2C18H32NS.C17H30NS.C16H28NS.C15H26NS.C13H22NS/c1-4-7-15-20(6-3,14-5-2)16-18-21-17-13-19-11-9-8-10-12-19;1-4-13-19(6-3,14-5-2)15-17-20-16-12-18-10-8-7-9-11-18;1-4-7-14-19(6-3,13-5-2)15-16-20-17-18-11-9-8-10-12-18;1-4-12-18(6-3,13-5-2)14-15-19-16-17-10-8-7-9-11-17;1-4-17(5-2,6-3)13-15-18-14-12-16-10-8-7-9-11-16;1-4-16(5-2,6-3)12-13-17-14-15-10-8-7-9-11-15;1-14(2,3)10-12-15-11-9-13-7-5-4-6-8-13/h8-12H,4-7,13-18H2,1-3H3;7-11H,4-6,12-17H2,1-3H3;8-12H,4-7,13-17H2,1-3H3;7-11H,4-6,12-16H2,1-3H3;7-11H,4-6,12-15H2,1-3H3;7-11H,4-6,12-14H2,1-3H3;4-8H,9-12H2,1-3H3/q7*+1. The summed E-state index contributed by atoms with van der Waals surface area (Å²) in [5.41, 5.74) is 10.2. The minimum absolute atomic E-state index is 1.07. The van der Waals surface area contributed by atoms with Gasteiger partial charge in [-0.15, -0.1) is 0 Å². The van der Waals surface area contributed by atoms with Crippen LogP contribution in [0.2, 0.25) is 0 Å². The molecule has 0 aliphatic carbocycles. The van der Waals surface area contributed by atoms with Crippen molar-refractivity contribution in [1.29, 1.82) is 0 Å². The molecule has 0 aliphatic heterocycles. The van der Waals surface area contributed by atoms with Gasteiger partial charge in [-0.1, -0.05) is 281 Å². The van der Waals surface area contributed by atoms with Crippen LogP contribution in [-0.2, 0) is 42.9 Å². The lowest BCUT2D eigenvalue weighted by Gasteiger charge is -2.38. The van der Waals surface area contributed by atoms with Gasteiger partial charge < -0.3 is 31.4 Å². The lowest BCUT2D eigenvalue weighted by molar-refractivity contribution is -0.924. The lowest BCUT2D eigenvalue weighted by Crippen LogP contribution is -2.50. The Morgan fingerprint density at radius 3 is 0.508 bits per heavy atom. The number of rotatable bonds is 67. The zero-order valence-electron chi connectivity index (χ0n) is 88.2. The zero-order chi connectivity index (χ0) is 95.7. The number of hydrogen-bond acceptors (Lipinski definition) is 7. The number of thioether (sulfide) groups is 7. The molecule has 0 saturated heterocycles. The quantitative estimate of drug-likeness (QED) is 0.0272. The number of unbranched alkanes of at least 4 members (excludes halogenated alkanes) is 2. The molecule has 0 heterocycles. The van der Waals surface area contributed by atoms with Gasteiger partial charge in [0.1, 0.15) is 0 Å². The van der Waals surface area contributed by atoms with E-state index in [2.05, 4.69) is 440 Å². The third-order valence-electron chi connectivity index (χ3n) is 26.9. The van der Waals surface area contributed by atoms with Crippen molar-refractivity contribution in [3.8, 4) is 0 Å². The largest absolute Gasteiger partial charge is 0.330 e. The zero-order valence-corrected chi connectivity index (χ0v) is 93.9. The van der Waals surface area contributed by atoms with E-state index in [9.17, 15) is 0 Å². The van der Waals surface area contributed by atoms with Crippen molar-refractivity contribution in [2.45, 2.75) is 232 Å². The van der Waals surface area contributed by atoms with Gasteiger partial charge >= 0.3 is 0 Å². The molecule has 0 aromatic heterocycles. The molecular weight excluding hydrogens is 1720 g/mol. The van der Waals surface area contributed by atoms with E-state index in [1.54, 1.807) is 0 Å². The normalized spacial score (nSPS) is 12.5. The monoisotopic (exact) mass is 1920 g/mol. The molecule has 2 atom stereocenters. The Kier molecular flexibility index (Phi) is 78.4. The van der Waals surface area contributed by atoms with Crippen LogP contribution < -0.4 is 0 Å². The topological polar surface area (TPSA) is 0 Å². The molecule has 0 saturated carbocycles. The molecule has 7 nitrogen and oxygen atoms in total. The second kappa shape index (κ2) is 81.7. The number of benzene rings is 7. The van der Waals surface area contributed by atoms with E-state index in [1.165, 1.54) is 383 Å². The van der Waals surface area contributed by atoms with Gasteiger partial charge in [0.15, 0.2) is 0 Å². The van der Waals surface area contributed by atoms with Crippen LogP contribution in [0.1, 0.15) is 228 Å². The average molecular weight is 1920 g/mol. The molecule has 0 N–H and O–H groups in total. The highest BCUT2D eigenvalue weighted by Gasteiger charge is 2.28. The second-order valence-corrected chi connectivity index (χ2v) is 45.3. The highest BCUT2D eigenvalue weighted by atomic mass is 32.2. The van der Waals surface area contributed by atoms with Crippen molar-refractivity contribution < 1.29 is 31.4 Å². The van der Waals surface area contributed by atoms with Gasteiger partial charge in [-0.3, -0.25) is 0 Å². The predicted octanol–water partition coefficient (Wildman–Crippen LogP) is 29.5. The van der Waals surface area contributed by atoms with Gasteiger partial charge in [-0.2, -0.15) is 82.3 Å². The first-order valence-corrected chi connectivity index (χ1v) is 60.4. The Bertz CT molecular complexity index is 3490. The number of hydrogen-bond donors (Lipinski definition) is 0. The number of aryl methyl sites for hydroxylation is 4. The van der Waals surface area contributed by atoms with Gasteiger partial charge in [-0.25, -0.2) is 0 Å². The summed E-state index contributed by atoms with van der Waals surface area (Å²) in [6.45, 7) is 74.8. The smallest absolute Gasteiger partial charge is 0.0878 e. The van der Waals surface area contributed by atoms with Crippen LogP contribution in [0, 0.1) is 0 Å². The number of nitrogens with zero attached hydrogens (tertiary/aromatic N) is 7. The Balaban J connectivity index is 0.000000760. The van der Waals surface area contributed by atoms with Crippen molar-refractivity contribution in [3.63, 3.8) is 0 Å². The fraction of sp³-hybridized carbons (Fsp3) is 0.638. The maximum Gasteiger partial charge on any atom is 0.0878 e. The fourth-order valence-corrected chi connectivity index (χ4v) is 25.1. The molecule has 0 bridgehead atoms. The van der Waals surface area contributed by atoms with Crippen LogP contribution in [0.3, 0.4) is 0 Å².